The Hall–Kier alpha value is -3.90. The van der Waals surface area contributed by atoms with E-state index in [4.69, 9.17) is 10.9 Å². The van der Waals surface area contributed by atoms with Crippen LogP contribution in [0, 0.1) is 17.9 Å². The van der Waals surface area contributed by atoms with Crippen molar-refractivity contribution in [1.82, 2.24) is 20.1 Å². The van der Waals surface area contributed by atoms with Gasteiger partial charge in [0.2, 0.25) is 16.0 Å². The number of nitrogens with zero attached hydrogens (tertiary/aromatic N) is 3. The van der Waals surface area contributed by atoms with Gasteiger partial charge in [0.1, 0.15) is 11.7 Å². The summed E-state index contributed by atoms with van der Waals surface area (Å²) >= 11 is 0. The van der Waals surface area contributed by atoms with Crippen LogP contribution in [0.3, 0.4) is 0 Å². The molecule has 0 aliphatic heterocycles. The highest BCUT2D eigenvalue weighted by Gasteiger charge is 2.22. The molecule has 1 heterocycles. The second kappa shape index (κ2) is 9.93. The molecule has 0 fully saturated rings. The minimum absolute atomic E-state index is 0.0153. The van der Waals surface area contributed by atoms with Crippen molar-refractivity contribution in [1.29, 1.82) is 10.9 Å². The summed E-state index contributed by atoms with van der Waals surface area (Å²) in [6, 6.07) is 13.4. The van der Waals surface area contributed by atoms with Crippen LogP contribution in [0.5, 0.6) is 0 Å². The average Bonchev–Trinajstić information content (AvgIpc) is 2.75. The molecule has 0 atom stereocenters. The predicted molar refractivity (Wildman–Crippen MR) is 131 cm³/mol. The molecule has 6 N–H and O–H groups in total. The Balaban J connectivity index is 1.79. The quantitative estimate of drug-likeness (QED) is 0.121. The minimum Gasteiger partial charge on any atom is -0.340 e. The van der Waals surface area contributed by atoms with Crippen LogP contribution < -0.4 is 20.8 Å². The van der Waals surface area contributed by atoms with Crippen LogP contribution >= 0.6 is 0 Å². The normalized spacial score (nSPS) is 11.5. The van der Waals surface area contributed by atoms with E-state index in [1.54, 1.807) is 69.4 Å². The van der Waals surface area contributed by atoms with Gasteiger partial charge in [0.05, 0.1) is 4.90 Å². The van der Waals surface area contributed by atoms with Crippen molar-refractivity contribution in [2.24, 2.45) is 5.22 Å². The molecule has 0 saturated carbocycles. The number of aromatic nitrogens is 2. The summed E-state index contributed by atoms with van der Waals surface area (Å²) in [6.07, 6.45) is 1.66. The molecule has 178 valence electrons. The van der Waals surface area contributed by atoms with Gasteiger partial charge in [-0.15, -0.1) is 0 Å². The number of sulfonamides is 1. The van der Waals surface area contributed by atoms with Crippen molar-refractivity contribution >= 4 is 39.0 Å². The van der Waals surface area contributed by atoms with E-state index in [1.165, 1.54) is 6.07 Å². The number of benzene rings is 2. The first kappa shape index (κ1) is 24.7. The molecule has 0 spiro atoms. The maximum atomic E-state index is 12.7. The lowest BCUT2D eigenvalue weighted by atomic mass is 10.1. The van der Waals surface area contributed by atoms with Crippen molar-refractivity contribution in [3.05, 3.63) is 65.9 Å². The maximum Gasteiger partial charge on any atom is 0.241 e. The Bertz CT molecular complexity index is 1300. The highest BCUT2D eigenvalue weighted by atomic mass is 32.2. The van der Waals surface area contributed by atoms with E-state index in [-0.39, 0.29) is 10.7 Å². The van der Waals surface area contributed by atoms with E-state index < -0.39 is 15.6 Å². The van der Waals surface area contributed by atoms with Gasteiger partial charge < -0.3 is 10.6 Å². The molecule has 11 nitrogen and oxygen atoms in total. The van der Waals surface area contributed by atoms with E-state index in [9.17, 15) is 8.42 Å². The van der Waals surface area contributed by atoms with Gasteiger partial charge in [-0.25, -0.2) is 23.5 Å². The monoisotopic (exact) mass is 481 g/mol. The summed E-state index contributed by atoms with van der Waals surface area (Å²) in [7, 11) is -3.68. The van der Waals surface area contributed by atoms with Gasteiger partial charge in [0.25, 0.3) is 0 Å². The molecule has 0 amide bonds. The van der Waals surface area contributed by atoms with E-state index >= 15 is 0 Å². The van der Waals surface area contributed by atoms with Crippen LogP contribution in [0.1, 0.15) is 31.9 Å². The zero-order valence-corrected chi connectivity index (χ0v) is 20.1. The zero-order valence-electron chi connectivity index (χ0n) is 19.3. The lowest BCUT2D eigenvalue weighted by Gasteiger charge is -2.20. The van der Waals surface area contributed by atoms with Crippen LogP contribution in [-0.2, 0) is 10.0 Å². The largest absolute Gasteiger partial charge is 0.340 e. The summed E-state index contributed by atoms with van der Waals surface area (Å²) in [5, 5.41) is 17.0. The molecule has 34 heavy (non-hydrogen) atoms. The topological polar surface area (TPSA) is 168 Å². The van der Waals surface area contributed by atoms with E-state index in [2.05, 4.69) is 36.0 Å². The Morgan fingerprint density at radius 2 is 1.74 bits per heavy atom. The van der Waals surface area contributed by atoms with E-state index in [1.807, 2.05) is 6.92 Å². The van der Waals surface area contributed by atoms with Crippen molar-refractivity contribution < 1.29 is 8.42 Å². The van der Waals surface area contributed by atoms with Crippen LogP contribution in [-0.4, -0.2) is 29.8 Å². The van der Waals surface area contributed by atoms with E-state index in [0.29, 0.717) is 28.7 Å². The molecular formula is C22H27N9O2S. The lowest BCUT2D eigenvalue weighted by Crippen LogP contribution is -2.40. The van der Waals surface area contributed by atoms with Crippen LogP contribution in [0.15, 0.2) is 64.8 Å². The first-order valence-corrected chi connectivity index (χ1v) is 11.8. The van der Waals surface area contributed by atoms with Gasteiger partial charge in [-0.05, 0) is 70.2 Å². The number of hydrogen-bond donors (Lipinski definition) is 6. The summed E-state index contributed by atoms with van der Waals surface area (Å²) in [4.78, 5) is 8.95. The fraction of sp³-hybridized carbons (Fsp3) is 0.227. The number of aryl methyl sites for hydroxylation is 1. The minimum atomic E-state index is -3.68. The van der Waals surface area contributed by atoms with Crippen LogP contribution in [0.2, 0.25) is 0 Å². The molecule has 0 aliphatic carbocycles. The zero-order chi connectivity index (χ0) is 24.9. The van der Waals surface area contributed by atoms with Gasteiger partial charge in [0, 0.05) is 34.2 Å². The molecule has 0 unspecified atom stereocenters. The molecule has 0 aliphatic rings. The molecule has 1 aromatic heterocycles. The maximum absolute atomic E-state index is 12.7. The average molecular weight is 482 g/mol. The van der Waals surface area contributed by atoms with Crippen molar-refractivity contribution in [2.75, 3.05) is 10.6 Å². The number of rotatable bonds is 8. The van der Waals surface area contributed by atoms with Gasteiger partial charge in [-0.1, -0.05) is 11.3 Å². The third-order valence-corrected chi connectivity index (χ3v) is 6.17. The van der Waals surface area contributed by atoms with Crippen molar-refractivity contribution in [2.45, 2.75) is 38.1 Å². The van der Waals surface area contributed by atoms with Crippen molar-refractivity contribution in [3.63, 3.8) is 0 Å². The second-order valence-corrected chi connectivity index (χ2v) is 10.2. The third-order valence-electron chi connectivity index (χ3n) is 4.42. The molecule has 0 saturated heterocycles. The summed E-state index contributed by atoms with van der Waals surface area (Å²) in [6.45, 7) is 7.20. The molecular weight excluding hydrogens is 454 g/mol. The molecule has 12 heteroatoms. The molecule has 3 rings (SSSR count). The summed E-state index contributed by atoms with van der Waals surface area (Å²) in [5.74, 6) is 0.880. The van der Waals surface area contributed by atoms with E-state index in [0.717, 1.165) is 5.56 Å². The van der Waals surface area contributed by atoms with Gasteiger partial charge in [-0.3, -0.25) is 5.41 Å². The second-order valence-electron chi connectivity index (χ2n) is 8.53. The standard InChI is InChI=1S/C22H27N9O2S/c1-14-13-25-21(27-16-10-8-15(9-11-16)19(23)29-31-24)28-20(14)26-17-6-5-7-18(12-17)34(32,33)30-22(2,3)4/h5-13,30H,1-4H3,(H3,23,24,29)(H2,25,26,27,28). The van der Waals surface area contributed by atoms with Crippen molar-refractivity contribution in [3.8, 4) is 0 Å². The molecule has 0 bridgehead atoms. The Morgan fingerprint density at radius 3 is 2.38 bits per heavy atom. The van der Waals surface area contributed by atoms with Crippen LogP contribution in [0.4, 0.5) is 23.1 Å². The number of anilines is 4. The summed E-state index contributed by atoms with van der Waals surface area (Å²) < 4.78 is 28.0. The first-order chi connectivity index (χ1) is 16.0. The van der Waals surface area contributed by atoms with Gasteiger partial charge >= 0.3 is 0 Å². The number of amidine groups is 1. The van der Waals surface area contributed by atoms with Gasteiger partial charge in [0.15, 0.2) is 0 Å². The molecule has 3 aromatic rings. The first-order valence-electron chi connectivity index (χ1n) is 10.3. The lowest BCUT2D eigenvalue weighted by molar-refractivity contribution is 0.491. The molecule has 0 radical (unpaired) electrons. The fourth-order valence-corrected chi connectivity index (χ4v) is 4.40. The Labute approximate surface area is 198 Å². The highest BCUT2D eigenvalue weighted by molar-refractivity contribution is 7.89. The summed E-state index contributed by atoms with van der Waals surface area (Å²) in [5.41, 5.74) is 11.1. The smallest absolute Gasteiger partial charge is 0.241 e. The number of hydrogen-bond acceptors (Lipinski definition) is 9. The Kier molecular flexibility index (Phi) is 7.23. The number of nitrogens with one attached hydrogen (secondary N) is 6. The van der Waals surface area contributed by atoms with Crippen LogP contribution in [0.25, 0.3) is 0 Å². The third kappa shape index (κ3) is 6.56. The predicted octanol–water partition coefficient (Wildman–Crippen LogP) is 4.21. The molecule has 2 aromatic carbocycles. The fourth-order valence-electron chi connectivity index (χ4n) is 2.94. The van der Waals surface area contributed by atoms with Gasteiger partial charge in [-0.2, -0.15) is 10.5 Å². The highest BCUT2D eigenvalue weighted by Crippen LogP contribution is 2.23. The Morgan fingerprint density at radius 1 is 1.03 bits per heavy atom. The SMILES string of the molecule is Cc1cnc(Nc2ccc(C(=N)NN=N)cc2)nc1Nc1cccc(S(=O)(=O)NC(C)(C)C)c1.